The molecule has 0 fully saturated rings. The molecule has 0 spiro atoms. The Labute approximate surface area is 197 Å². The van der Waals surface area contributed by atoms with Crippen LogP contribution in [0.3, 0.4) is 0 Å². The molecule has 0 aliphatic carbocycles. The lowest BCUT2D eigenvalue weighted by molar-refractivity contribution is 0.138. The number of halogens is 2. The maximum absolute atomic E-state index is 13.4. The van der Waals surface area contributed by atoms with Crippen LogP contribution in [0.15, 0.2) is 72.8 Å². The van der Waals surface area contributed by atoms with Crippen molar-refractivity contribution in [3.8, 4) is 6.07 Å². The lowest BCUT2D eigenvalue weighted by Gasteiger charge is -2.35. The van der Waals surface area contributed by atoms with Crippen molar-refractivity contribution in [1.82, 2.24) is 0 Å². The van der Waals surface area contributed by atoms with Gasteiger partial charge in [0.25, 0.3) is 0 Å². The summed E-state index contributed by atoms with van der Waals surface area (Å²) in [6, 6.07) is 21.6. The third-order valence-corrected chi connectivity index (χ3v) is 5.56. The summed E-state index contributed by atoms with van der Waals surface area (Å²) in [5.74, 6) is 0. The first-order valence-electron chi connectivity index (χ1n) is 10.2. The Balaban J connectivity index is 2.01. The van der Waals surface area contributed by atoms with Crippen LogP contribution < -0.4 is 10.2 Å². The molecule has 0 aliphatic heterocycles. The van der Waals surface area contributed by atoms with E-state index >= 15 is 0 Å². The molecule has 164 valence electrons. The molecule has 3 aromatic rings. The molecule has 2 unspecified atom stereocenters. The van der Waals surface area contributed by atoms with Crippen LogP contribution in [0.4, 0.5) is 16.2 Å². The summed E-state index contributed by atoms with van der Waals surface area (Å²) in [5, 5.41) is 24.5. The van der Waals surface area contributed by atoms with E-state index in [-0.39, 0.29) is 0 Å². The normalized spacial score (nSPS) is 12.5. The molecule has 0 saturated carbocycles. The minimum absolute atomic E-state index is 0.399. The number of aliphatic hydroxyl groups excluding tert-OH is 1. The Morgan fingerprint density at radius 2 is 1.69 bits per heavy atom. The standard InChI is InChI=1S/C25H23Cl2N3O2/c1-2-4-23(24(31)18-6-3-5-17(15-18)16-28)30(22-13-9-20(27)10-14-22)25(32)29-21-11-7-19(26)8-12-21/h3,5-15,23-24,31H,2,4H2,1H3,(H,29,32). The minimum Gasteiger partial charge on any atom is -0.386 e. The van der Waals surface area contributed by atoms with Crippen LogP contribution in [0, 0.1) is 11.3 Å². The molecule has 0 bridgehead atoms. The van der Waals surface area contributed by atoms with Crippen LogP contribution in [0.2, 0.25) is 10.0 Å². The molecular weight excluding hydrogens is 445 g/mol. The molecule has 2 amide bonds. The molecule has 2 atom stereocenters. The van der Waals surface area contributed by atoms with E-state index in [9.17, 15) is 15.2 Å². The molecule has 2 N–H and O–H groups in total. The smallest absolute Gasteiger partial charge is 0.326 e. The molecule has 3 aromatic carbocycles. The number of carbonyl (C=O) groups is 1. The van der Waals surface area contributed by atoms with Crippen molar-refractivity contribution in [1.29, 1.82) is 5.26 Å². The van der Waals surface area contributed by atoms with Crippen molar-refractivity contribution >= 4 is 40.6 Å². The number of hydrogen-bond donors (Lipinski definition) is 2. The van der Waals surface area contributed by atoms with Gasteiger partial charge >= 0.3 is 6.03 Å². The summed E-state index contributed by atoms with van der Waals surface area (Å²) in [6.07, 6.45) is 0.266. The fraction of sp³-hybridized carbons (Fsp3) is 0.200. The molecular formula is C25H23Cl2N3O2. The van der Waals surface area contributed by atoms with E-state index in [1.54, 1.807) is 72.8 Å². The highest BCUT2D eigenvalue weighted by Crippen LogP contribution is 2.31. The molecule has 5 nitrogen and oxygen atoms in total. The zero-order valence-corrected chi connectivity index (χ0v) is 19.0. The van der Waals surface area contributed by atoms with Gasteiger partial charge in [-0.25, -0.2) is 4.79 Å². The van der Waals surface area contributed by atoms with E-state index in [4.69, 9.17) is 23.2 Å². The molecule has 3 rings (SSSR count). The monoisotopic (exact) mass is 467 g/mol. The number of nitrogens with one attached hydrogen (secondary N) is 1. The maximum Gasteiger partial charge on any atom is 0.326 e. The van der Waals surface area contributed by atoms with Gasteiger partial charge < -0.3 is 10.4 Å². The number of nitriles is 1. The van der Waals surface area contributed by atoms with Crippen molar-refractivity contribution in [3.63, 3.8) is 0 Å². The number of amides is 2. The highest BCUT2D eigenvalue weighted by molar-refractivity contribution is 6.31. The second-order valence-electron chi connectivity index (χ2n) is 7.32. The van der Waals surface area contributed by atoms with Gasteiger partial charge in [-0.1, -0.05) is 48.7 Å². The summed E-state index contributed by atoms with van der Waals surface area (Å²) < 4.78 is 0. The first-order chi connectivity index (χ1) is 15.4. The predicted molar refractivity (Wildman–Crippen MR) is 129 cm³/mol. The van der Waals surface area contributed by atoms with Gasteiger partial charge in [0.15, 0.2) is 0 Å². The fourth-order valence-electron chi connectivity index (χ4n) is 3.52. The van der Waals surface area contributed by atoms with Crippen LogP contribution in [-0.4, -0.2) is 17.2 Å². The Morgan fingerprint density at radius 3 is 2.28 bits per heavy atom. The van der Waals surface area contributed by atoms with E-state index in [1.165, 1.54) is 4.90 Å². The Morgan fingerprint density at radius 1 is 1.06 bits per heavy atom. The Kier molecular flexibility index (Phi) is 8.13. The Hall–Kier alpha value is -3.04. The fourth-order valence-corrected chi connectivity index (χ4v) is 3.77. The van der Waals surface area contributed by atoms with E-state index in [0.29, 0.717) is 39.0 Å². The average Bonchev–Trinajstić information content (AvgIpc) is 2.81. The molecule has 0 aliphatic rings. The van der Waals surface area contributed by atoms with Gasteiger partial charge in [-0.15, -0.1) is 0 Å². The highest BCUT2D eigenvalue weighted by Gasteiger charge is 2.32. The molecule has 0 aromatic heterocycles. The van der Waals surface area contributed by atoms with Gasteiger partial charge in [0.2, 0.25) is 0 Å². The number of anilines is 2. The number of hydrogen-bond acceptors (Lipinski definition) is 3. The predicted octanol–water partition coefficient (Wildman–Crippen LogP) is 6.81. The molecule has 0 heterocycles. The summed E-state index contributed by atoms with van der Waals surface area (Å²) in [7, 11) is 0. The van der Waals surface area contributed by atoms with Gasteiger partial charge in [0.1, 0.15) is 0 Å². The van der Waals surface area contributed by atoms with Crippen molar-refractivity contribution in [2.45, 2.75) is 31.9 Å². The maximum atomic E-state index is 13.4. The van der Waals surface area contributed by atoms with E-state index in [2.05, 4.69) is 11.4 Å². The SMILES string of the molecule is CCCC(C(O)c1cccc(C#N)c1)N(C(=O)Nc1ccc(Cl)cc1)c1ccc(Cl)cc1. The van der Waals surface area contributed by atoms with E-state index < -0.39 is 18.2 Å². The van der Waals surface area contributed by atoms with Crippen LogP contribution >= 0.6 is 23.2 Å². The number of nitrogens with zero attached hydrogens (tertiary/aromatic N) is 2. The second kappa shape index (κ2) is 11.0. The molecule has 7 heteroatoms. The van der Waals surface area contributed by atoms with Crippen LogP contribution in [0.1, 0.15) is 37.0 Å². The second-order valence-corrected chi connectivity index (χ2v) is 8.19. The number of aliphatic hydroxyl groups is 1. The van der Waals surface area contributed by atoms with E-state index in [1.807, 2.05) is 6.92 Å². The number of benzene rings is 3. The van der Waals surface area contributed by atoms with Crippen molar-refractivity contribution in [3.05, 3.63) is 94.0 Å². The molecule has 0 radical (unpaired) electrons. The largest absolute Gasteiger partial charge is 0.386 e. The summed E-state index contributed by atoms with van der Waals surface area (Å²) in [6.45, 7) is 1.99. The molecule has 32 heavy (non-hydrogen) atoms. The van der Waals surface area contributed by atoms with Crippen molar-refractivity contribution < 1.29 is 9.90 Å². The van der Waals surface area contributed by atoms with Crippen LogP contribution in [-0.2, 0) is 0 Å². The zero-order valence-electron chi connectivity index (χ0n) is 17.5. The molecule has 0 saturated heterocycles. The van der Waals surface area contributed by atoms with E-state index in [0.717, 1.165) is 6.42 Å². The van der Waals surface area contributed by atoms with Gasteiger partial charge in [-0.3, -0.25) is 4.90 Å². The highest BCUT2D eigenvalue weighted by atomic mass is 35.5. The summed E-state index contributed by atoms with van der Waals surface area (Å²) in [4.78, 5) is 15.0. The first-order valence-corrected chi connectivity index (χ1v) is 11.0. The third kappa shape index (κ3) is 5.80. The minimum atomic E-state index is -1.00. The topological polar surface area (TPSA) is 76.4 Å². The van der Waals surface area contributed by atoms with Crippen molar-refractivity contribution in [2.24, 2.45) is 0 Å². The van der Waals surface area contributed by atoms with Crippen molar-refractivity contribution in [2.75, 3.05) is 10.2 Å². The summed E-state index contributed by atoms with van der Waals surface area (Å²) in [5.41, 5.74) is 2.19. The van der Waals surface area contributed by atoms with Gasteiger partial charge in [-0.2, -0.15) is 5.26 Å². The van der Waals surface area contributed by atoms with Gasteiger partial charge in [0.05, 0.1) is 23.8 Å². The van der Waals surface area contributed by atoms with Crippen LogP contribution in [0.25, 0.3) is 0 Å². The Bertz CT molecular complexity index is 1100. The lowest BCUT2D eigenvalue weighted by Crippen LogP contribution is -2.46. The first kappa shape index (κ1) is 23.6. The van der Waals surface area contributed by atoms with Gasteiger partial charge in [-0.05, 0) is 72.6 Å². The zero-order chi connectivity index (χ0) is 23.1. The summed E-state index contributed by atoms with van der Waals surface area (Å²) >= 11 is 12.0. The third-order valence-electron chi connectivity index (χ3n) is 5.06. The number of urea groups is 1. The van der Waals surface area contributed by atoms with Crippen LogP contribution in [0.5, 0.6) is 0 Å². The quantitative estimate of drug-likeness (QED) is 0.400. The van der Waals surface area contributed by atoms with Gasteiger partial charge in [0, 0.05) is 21.4 Å². The number of rotatable bonds is 7. The lowest BCUT2D eigenvalue weighted by atomic mass is 9.95. The average molecular weight is 468 g/mol. The number of carbonyl (C=O) groups excluding carboxylic acids is 1.